The van der Waals surface area contributed by atoms with Gasteiger partial charge in [-0.2, -0.15) is 5.10 Å². The largest absolute Gasteiger partial charge is 0.309 e. The third-order valence-electron chi connectivity index (χ3n) is 3.36. The van der Waals surface area contributed by atoms with Gasteiger partial charge in [0.1, 0.15) is 5.01 Å². The van der Waals surface area contributed by atoms with Crippen molar-refractivity contribution in [2.75, 3.05) is 26.0 Å². The number of likely N-dealkylation sites (N-methyl/N-ethyl adjacent to an activating group) is 1. The molecule has 0 saturated carbocycles. The molecule has 0 aliphatic heterocycles. The molecule has 0 unspecified atom stereocenters. The van der Waals surface area contributed by atoms with Crippen molar-refractivity contribution in [2.45, 2.75) is 6.42 Å². The molecule has 2 aromatic heterocycles. The molecular formula is C16H18N6OS. The molecule has 0 aliphatic carbocycles. The lowest BCUT2D eigenvalue weighted by Gasteiger charge is -2.08. The fourth-order valence-electron chi connectivity index (χ4n) is 2.17. The van der Waals surface area contributed by atoms with Crippen molar-refractivity contribution in [3.05, 3.63) is 53.3 Å². The molecule has 0 bridgehead atoms. The summed E-state index contributed by atoms with van der Waals surface area (Å²) >= 11 is 1.40. The summed E-state index contributed by atoms with van der Waals surface area (Å²) in [5.74, 6) is -0.226. The Morgan fingerprint density at radius 1 is 1.25 bits per heavy atom. The number of carbonyl (C=O) groups excluding carboxylic acids is 1. The first kappa shape index (κ1) is 16.3. The first-order chi connectivity index (χ1) is 11.6. The number of hydrogen-bond donors (Lipinski definition) is 1. The van der Waals surface area contributed by atoms with Crippen LogP contribution in [0.5, 0.6) is 0 Å². The highest BCUT2D eigenvalue weighted by Crippen LogP contribution is 2.19. The lowest BCUT2D eigenvalue weighted by molar-refractivity contribution is 0.102. The van der Waals surface area contributed by atoms with Crippen LogP contribution < -0.4 is 5.32 Å². The van der Waals surface area contributed by atoms with Crippen LogP contribution in [-0.4, -0.2) is 51.4 Å². The number of rotatable bonds is 6. The quantitative estimate of drug-likeness (QED) is 0.742. The van der Waals surface area contributed by atoms with Crippen molar-refractivity contribution in [1.29, 1.82) is 0 Å². The highest BCUT2D eigenvalue weighted by molar-refractivity contribution is 7.15. The van der Waals surface area contributed by atoms with Crippen molar-refractivity contribution < 1.29 is 4.79 Å². The second-order valence-corrected chi connectivity index (χ2v) is 6.54. The molecule has 0 atom stereocenters. The van der Waals surface area contributed by atoms with Crippen LogP contribution >= 0.6 is 11.3 Å². The fourth-order valence-corrected chi connectivity index (χ4v) is 2.89. The van der Waals surface area contributed by atoms with E-state index < -0.39 is 0 Å². The summed E-state index contributed by atoms with van der Waals surface area (Å²) in [7, 11) is 4.02. The summed E-state index contributed by atoms with van der Waals surface area (Å²) < 4.78 is 1.66. The van der Waals surface area contributed by atoms with Gasteiger partial charge in [0.05, 0.1) is 11.3 Å². The third-order valence-corrected chi connectivity index (χ3v) is 4.26. The molecule has 0 saturated heterocycles. The Morgan fingerprint density at radius 3 is 2.83 bits per heavy atom. The van der Waals surface area contributed by atoms with Gasteiger partial charge in [-0.3, -0.25) is 10.1 Å². The van der Waals surface area contributed by atoms with Crippen molar-refractivity contribution in [2.24, 2.45) is 0 Å². The van der Waals surface area contributed by atoms with Crippen molar-refractivity contribution in [3.63, 3.8) is 0 Å². The maximum atomic E-state index is 12.6. The standard InChI is InChI=1S/C16H18N6OS/c1-21(2)11-8-14-19-20-16(24-14)18-15(23)12-6-3-4-7-13(12)22-10-5-9-17-22/h3-7,9-10H,8,11H2,1-2H3,(H,18,20,23). The van der Waals surface area contributed by atoms with Gasteiger partial charge in [0, 0.05) is 25.4 Å². The van der Waals surface area contributed by atoms with E-state index in [0.29, 0.717) is 10.7 Å². The summed E-state index contributed by atoms with van der Waals surface area (Å²) in [6.45, 7) is 0.894. The van der Waals surface area contributed by atoms with E-state index in [4.69, 9.17) is 0 Å². The minimum Gasteiger partial charge on any atom is -0.309 e. The minimum absolute atomic E-state index is 0.226. The second kappa shape index (κ2) is 7.33. The van der Waals surface area contributed by atoms with E-state index in [-0.39, 0.29) is 5.91 Å². The van der Waals surface area contributed by atoms with E-state index >= 15 is 0 Å². The van der Waals surface area contributed by atoms with Gasteiger partial charge in [-0.1, -0.05) is 23.5 Å². The Bertz CT molecular complexity index is 812. The van der Waals surface area contributed by atoms with Gasteiger partial charge in [-0.25, -0.2) is 4.68 Å². The van der Waals surface area contributed by atoms with Crippen LogP contribution in [0, 0.1) is 0 Å². The molecule has 1 aromatic carbocycles. The van der Waals surface area contributed by atoms with Gasteiger partial charge in [0.2, 0.25) is 5.13 Å². The zero-order chi connectivity index (χ0) is 16.9. The lowest BCUT2D eigenvalue weighted by Crippen LogP contribution is -2.15. The van der Waals surface area contributed by atoms with Crippen LogP contribution in [0.15, 0.2) is 42.7 Å². The van der Waals surface area contributed by atoms with Gasteiger partial charge in [0.15, 0.2) is 0 Å². The number of anilines is 1. The summed E-state index contributed by atoms with van der Waals surface area (Å²) in [5, 5.41) is 16.6. The average molecular weight is 342 g/mol. The lowest BCUT2D eigenvalue weighted by atomic mass is 10.1. The van der Waals surface area contributed by atoms with E-state index in [1.165, 1.54) is 11.3 Å². The smallest absolute Gasteiger partial charge is 0.259 e. The Labute approximate surface area is 143 Å². The SMILES string of the molecule is CN(C)CCc1nnc(NC(=O)c2ccccc2-n2cccn2)s1. The Balaban J connectivity index is 1.74. The molecule has 3 aromatic rings. The minimum atomic E-state index is -0.226. The maximum absolute atomic E-state index is 12.6. The second-order valence-electron chi connectivity index (χ2n) is 5.48. The molecular weight excluding hydrogens is 324 g/mol. The average Bonchev–Trinajstić information content (AvgIpc) is 3.24. The molecule has 0 radical (unpaired) electrons. The molecule has 2 heterocycles. The molecule has 8 heteroatoms. The first-order valence-electron chi connectivity index (χ1n) is 7.51. The Kier molecular flexibility index (Phi) is 4.97. The number of amides is 1. The van der Waals surface area contributed by atoms with Crippen LogP contribution in [0.3, 0.4) is 0 Å². The zero-order valence-corrected chi connectivity index (χ0v) is 14.3. The van der Waals surface area contributed by atoms with Crippen molar-refractivity contribution >= 4 is 22.4 Å². The molecule has 0 fully saturated rings. The van der Waals surface area contributed by atoms with Gasteiger partial charge in [0.25, 0.3) is 5.91 Å². The van der Waals surface area contributed by atoms with E-state index in [9.17, 15) is 4.79 Å². The molecule has 124 valence electrons. The molecule has 7 nitrogen and oxygen atoms in total. The molecule has 1 amide bonds. The summed E-state index contributed by atoms with van der Waals surface area (Å²) in [5.41, 5.74) is 1.25. The molecule has 1 N–H and O–H groups in total. The predicted molar refractivity (Wildman–Crippen MR) is 93.7 cm³/mol. The van der Waals surface area contributed by atoms with E-state index in [2.05, 4.69) is 25.5 Å². The zero-order valence-electron chi connectivity index (χ0n) is 13.5. The molecule has 24 heavy (non-hydrogen) atoms. The highest BCUT2D eigenvalue weighted by Gasteiger charge is 2.15. The summed E-state index contributed by atoms with van der Waals surface area (Å²) in [6.07, 6.45) is 4.29. The van der Waals surface area contributed by atoms with Crippen LogP contribution in [0.1, 0.15) is 15.4 Å². The van der Waals surface area contributed by atoms with E-state index in [0.717, 1.165) is 23.7 Å². The molecule has 0 aliphatic rings. The maximum Gasteiger partial charge on any atom is 0.259 e. The van der Waals surface area contributed by atoms with E-state index in [1.807, 2.05) is 38.4 Å². The predicted octanol–water partition coefficient (Wildman–Crippen LogP) is 2.08. The molecule has 3 rings (SSSR count). The number of benzene rings is 1. The third kappa shape index (κ3) is 3.84. The fraction of sp³-hybridized carbons (Fsp3) is 0.250. The summed E-state index contributed by atoms with van der Waals surface area (Å²) in [4.78, 5) is 14.7. The Morgan fingerprint density at radius 2 is 2.08 bits per heavy atom. The molecule has 0 spiro atoms. The van der Waals surface area contributed by atoms with Gasteiger partial charge >= 0.3 is 0 Å². The number of nitrogens with zero attached hydrogens (tertiary/aromatic N) is 5. The van der Waals surface area contributed by atoms with Gasteiger partial charge in [-0.05, 0) is 32.3 Å². The number of aromatic nitrogens is 4. The van der Waals surface area contributed by atoms with Crippen molar-refractivity contribution in [3.8, 4) is 5.69 Å². The first-order valence-corrected chi connectivity index (χ1v) is 8.32. The van der Waals surface area contributed by atoms with Crippen LogP contribution in [0.25, 0.3) is 5.69 Å². The van der Waals surface area contributed by atoms with Gasteiger partial charge < -0.3 is 4.90 Å². The monoisotopic (exact) mass is 342 g/mol. The topological polar surface area (TPSA) is 75.9 Å². The van der Waals surface area contributed by atoms with Gasteiger partial charge in [-0.15, -0.1) is 10.2 Å². The number of carbonyl (C=O) groups is 1. The number of nitrogens with one attached hydrogen (secondary N) is 1. The van der Waals surface area contributed by atoms with E-state index in [1.54, 1.807) is 23.1 Å². The van der Waals surface area contributed by atoms with Crippen LogP contribution in [0.4, 0.5) is 5.13 Å². The highest BCUT2D eigenvalue weighted by atomic mass is 32.1. The number of hydrogen-bond acceptors (Lipinski definition) is 6. The van der Waals surface area contributed by atoms with Crippen LogP contribution in [-0.2, 0) is 6.42 Å². The number of para-hydroxylation sites is 1. The normalized spacial score (nSPS) is 11.0. The van der Waals surface area contributed by atoms with Crippen molar-refractivity contribution in [1.82, 2.24) is 24.9 Å². The summed E-state index contributed by atoms with van der Waals surface area (Å²) in [6, 6.07) is 9.13. The van der Waals surface area contributed by atoms with Crippen LogP contribution in [0.2, 0.25) is 0 Å². The Hall–Kier alpha value is -2.58.